The molecule has 2 heterocycles. The molecule has 6 heteroatoms. The maximum absolute atomic E-state index is 5.85. The molecule has 0 spiro atoms. The van der Waals surface area contributed by atoms with Gasteiger partial charge in [-0.3, -0.25) is 0 Å². The van der Waals surface area contributed by atoms with Crippen LogP contribution in [0.5, 0.6) is 5.75 Å². The third-order valence-electron chi connectivity index (χ3n) is 3.93. The molecule has 0 unspecified atom stereocenters. The minimum absolute atomic E-state index is 0.655. The number of piperazine rings is 1. The van der Waals surface area contributed by atoms with Gasteiger partial charge in [-0.25, -0.2) is 0 Å². The zero-order chi connectivity index (χ0) is 14.8. The highest BCUT2D eigenvalue weighted by Crippen LogP contribution is 2.32. The molecule has 1 aromatic heterocycles. The van der Waals surface area contributed by atoms with Gasteiger partial charge in [-0.05, 0) is 30.6 Å². The molecule has 1 aromatic carbocycles. The molecule has 112 valence electrons. The number of hydrogen-bond acceptors (Lipinski definition) is 6. The van der Waals surface area contributed by atoms with Gasteiger partial charge >= 0.3 is 0 Å². The number of benzene rings is 1. The summed E-state index contributed by atoms with van der Waals surface area (Å²) >= 11 is 1.50. The summed E-state index contributed by atoms with van der Waals surface area (Å²) in [5.41, 5.74) is 8.12. The van der Waals surface area contributed by atoms with Gasteiger partial charge in [0.1, 0.15) is 16.6 Å². The predicted octanol–water partition coefficient (Wildman–Crippen LogP) is 2.37. The van der Waals surface area contributed by atoms with Crippen molar-refractivity contribution in [2.75, 3.05) is 48.8 Å². The summed E-state index contributed by atoms with van der Waals surface area (Å²) in [4.78, 5) is 4.74. The first-order valence-electron chi connectivity index (χ1n) is 7.05. The third kappa shape index (κ3) is 2.63. The number of nitrogens with two attached hydrogens (primary N) is 1. The van der Waals surface area contributed by atoms with Crippen molar-refractivity contribution in [3.05, 3.63) is 29.8 Å². The molecule has 1 aliphatic heterocycles. The van der Waals surface area contributed by atoms with Gasteiger partial charge in [0.2, 0.25) is 0 Å². The number of ether oxygens (including phenoxy) is 1. The van der Waals surface area contributed by atoms with E-state index in [-0.39, 0.29) is 0 Å². The molecule has 1 saturated heterocycles. The van der Waals surface area contributed by atoms with Crippen molar-refractivity contribution >= 4 is 28.0 Å². The van der Waals surface area contributed by atoms with Gasteiger partial charge < -0.3 is 20.3 Å². The highest BCUT2D eigenvalue weighted by Gasteiger charge is 2.22. The quantitative estimate of drug-likeness (QED) is 0.943. The summed E-state index contributed by atoms with van der Waals surface area (Å²) in [5, 5.41) is 1.20. The molecule has 0 amide bonds. The lowest BCUT2D eigenvalue weighted by Crippen LogP contribution is -2.46. The van der Waals surface area contributed by atoms with Crippen molar-refractivity contribution in [3.8, 4) is 5.75 Å². The summed E-state index contributed by atoms with van der Waals surface area (Å²) in [6, 6.07) is 8.18. The van der Waals surface area contributed by atoms with Gasteiger partial charge in [0.05, 0.1) is 12.8 Å². The van der Waals surface area contributed by atoms with Crippen molar-refractivity contribution in [3.63, 3.8) is 0 Å². The van der Waals surface area contributed by atoms with Gasteiger partial charge in [0.15, 0.2) is 0 Å². The second-order valence-electron chi connectivity index (χ2n) is 5.14. The lowest BCUT2D eigenvalue weighted by Gasteiger charge is -2.37. The van der Waals surface area contributed by atoms with Crippen molar-refractivity contribution in [2.45, 2.75) is 6.92 Å². The maximum Gasteiger partial charge on any atom is 0.142 e. The summed E-state index contributed by atoms with van der Waals surface area (Å²) in [6.45, 7) is 5.93. The molecule has 0 saturated carbocycles. The SMILES string of the molecule is COc1ccccc1N1CCN(c2snc(N)c2C)CC1. The monoisotopic (exact) mass is 304 g/mol. The van der Waals surface area contributed by atoms with Crippen LogP contribution in [0.15, 0.2) is 24.3 Å². The Bertz CT molecular complexity index is 620. The maximum atomic E-state index is 5.85. The van der Waals surface area contributed by atoms with E-state index < -0.39 is 0 Å². The standard InChI is InChI=1S/C15H20N4OS/c1-11-14(16)17-21-15(11)19-9-7-18(8-10-19)12-5-3-4-6-13(12)20-2/h3-6H,7-10H2,1-2H3,(H2,16,17). The van der Waals surface area contributed by atoms with Crippen LogP contribution in [-0.2, 0) is 0 Å². The van der Waals surface area contributed by atoms with Crippen molar-refractivity contribution < 1.29 is 4.74 Å². The van der Waals surface area contributed by atoms with Gasteiger partial charge in [-0.15, -0.1) is 0 Å². The van der Waals surface area contributed by atoms with Gasteiger partial charge in [-0.1, -0.05) is 12.1 Å². The van der Waals surface area contributed by atoms with Crippen LogP contribution in [0.25, 0.3) is 0 Å². The van der Waals surface area contributed by atoms with Gasteiger partial charge in [0.25, 0.3) is 0 Å². The van der Waals surface area contributed by atoms with E-state index in [0.29, 0.717) is 5.82 Å². The number of hydrogen-bond donors (Lipinski definition) is 1. The fraction of sp³-hybridized carbons (Fsp3) is 0.400. The molecule has 0 aliphatic carbocycles. The molecular formula is C15H20N4OS. The van der Waals surface area contributed by atoms with Gasteiger partial charge in [0, 0.05) is 31.7 Å². The lowest BCUT2D eigenvalue weighted by atomic mass is 10.2. The van der Waals surface area contributed by atoms with Crippen LogP contribution < -0.4 is 20.3 Å². The zero-order valence-electron chi connectivity index (χ0n) is 12.4. The molecule has 1 fully saturated rings. The topological polar surface area (TPSA) is 54.6 Å². The molecule has 0 bridgehead atoms. The third-order valence-corrected chi connectivity index (χ3v) is 4.95. The fourth-order valence-electron chi connectivity index (χ4n) is 2.68. The largest absolute Gasteiger partial charge is 0.495 e. The molecule has 2 aromatic rings. The average Bonchev–Trinajstić information content (AvgIpc) is 2.87. The highest BCUT2D eigenvalue weighted by molar-refractivity contribution is 7.10. The minimum atomic E-state index is 0.655. The van der Waals surface area contributed by atoms with E-state index >= 15 is 0 Å². The van der Waals surface area contributed by atoms with Gasteiger partial charge in [-0.2, -0.15) is 4.37 Å². The Labute approximate surface area is 129 Å². The van der Waals surface area contributed by atoms with E-state index in [1.807, 2.05) is 19.1 Å². The Morgan fingerprint density at radius 2 is 1.81 bits per heavy atom. The molecule has 3 rings (SSSR count). The number of nitrogen functional groups attached to an aromatic ring is 1. The number of methoxy groups -OCH3 is 1. The summed E-state index contributed by atoms with van der Waals surface area (Å²) in [5.74, 6) is 1.59. The van der Waals surface area contributed by atoms with Crippen molar-refractivity contribution in [1.82, 2.24) is 4.37 Å². The van der Waals surface area contributed by atoms with Crippen LogP contribution in [-0.4, -0.2) is 37.7 Å². The molecule has 0 atom stereocenters. The summed E-state index contributed by atoms with van der Waals surface area (Å²) in [6.07, 6.45) is 0. The average molecular weight is 304 g/mol. The summed E-state index contributed by atoms with van der Waals surface area (Å²) < 4.78 is 9.69. The Morgan fingerprint density at radius 3 is 2.43 bits per heavy atom. The minimum Gasteiger partial charge on any atom is -0.495 e. The number of nitrogens with zero attached hydrogens (tertiary/aromatic N) is 3. The molecule has 2 N–H and O–H groups in total. The Hall–Kier alpha value is -1.95. The second kappa shape index (κ2) is 5.81. The second-order valence-corrected chi connectivity index (χ2v) is 5.90. The van der Waals surface area contributed by atoms with Crippen molar-refractivity contribution in [2.24, 2.45) is 0 Å². The zero-order valence-corrected chi connectivity index (χ0v) is 13.2. The highest BCUT2D eigenvalue weighted by atomic mass is 32.1. The van der Waals surface area contributed by atoms with E-state index in [2.05, 4.69) is 26.3 Å². The van der Waals surface area contributed by atoms with Crippen molar-refractivity contribution in [1.29, 1.82) is 0 Å². The fourth-order valence-corrected chi connectivity index (χ4v) is 3.54. The Balaban J connectivity index is 1.72. The van der Waals surface area contributed by atoms with Crippen LogP contribution >= 0.6 is 11.5 Å². The van der Waals surface area contributed by atoms with E-state index in [1.165, 1.54) is 22.2 Å². The number of para-hydroxylation sites is 2. The molecular weight excluding hydrogens is 284 g/mol. The first-order valence-corrected chi connectivity index (χ1v) is 7.82. The number of rotatable bonds is 3. The predicted molar refractivity (Wildman–Crippen MR) is 88.7 cm³/mol. The van der Waals surface area contributed by atoms with E-state index in [4.69, 9.17) is 10.5 Å². The Kier molecular flexibility index (Phi) is 3.88. The normalized spacial score (nSPS) is 15.3. The number of aromatic nitrogens is 1. The van der Waals surface area contributed by atoms with E-state index in [9.17, 15) is 0 Å². The van der Waals surface area contributed by atoms with Crippen LogP contribution in [0.2, 0.25) is 0 Å². The summed E-state index contributed by atoms with van der Waals surface area (Å²) in [7, 11) is 1.72. The van der Waals surface area contributed by atoms with Crippen LogP contribution in [0.1, 0.15) is 5.56 Å². The first-order chi connectivity index (χ1) is 10.2. The molecule has 5 nitrogen and oxygen atoms in total. The molecule has 0 radical (unpaired) electrons. The van der Waals surface area contributed by atoms with Crippen LogP contribution in [0.4, 0.5) is 16.5 Å². The first kappa shape index (κ1) is 14.0. The van der Waals surface area contributed by atoms with E-state index in [1.54, 1.807) is 7.11 Å². The molecule has 1 aliphatic rings. The Morgan fingerprint density at radius 1 is 1.14 bits per heavy atom. The molecule has 21 heavy (non-hydrogen) atoms. The van der Waals surface area contributed by atoms with E-state index in [0.717, 1.165) is 37.5 Å². The number of anilines is 3. The lowest BCUT2D eigenvalue weighted by molar-refractivity contribution is 0.413. The smallest absolute Gasteiger partial charge is 0.142 e. The van der Waals surface area contributed by atoms with Crippen LogP contribution in [0.3, 0.4) is 0 Å². The van der Waals surface area contributed by atoms with Crippen LogP contribution in [0, 0.1) is 6.92 Å².